The van der Waals surface area contributed by atoms with Crippen LogP contribution in [0.3, 0.4) is 0 Å². The molecule has 1 heterocycles. The second-order valence-electron chi connectivity index (χ2n) is 3.44. The van der Waals surface area contributed by atoms with Gasteiger partial charge in [-0.15, -0.1) is 0 Å². The minimum atomic E-state index is 0.364. The second-order valence-corrected chi connectivity index (χ2v) is 3.44. The van der Waals surface area contributed by atoms with Crippen LogP contribution >= 0.6 is 0 Å². The van der Waals surface area contributed by atoms with Crippen LogP contribution in [-0.2, 0) is 6.61 Å². The molecule has 1 aromatic carbocycles. The van der Waals surface area contributed by atoms with E-state index in [-0.39, 0.29) is 0 Å². The van der Waals surface area contributed by atoms with Crippen molar-refractivity contribution in [3.63, 3.8) is 0 Å². The number of aromatic nitrogens is 1. The van der Waals surface area contributed by atoms with Crippen LogP contribution < -0.4 is 16.2 Å². The molecule has 0 aliphatic carbocycles. The molecule has 0 fully saturated rings. The Hall–Kier alpha value is -2.23. The van der Waals surface area contributed by atoms with Gasteiger partial charge in [0.2, 0.25) is 5.88 Å². The Kier molecular flexibility index (Phi) is 2.91. The quantitative estimate of drug-likeness (QED) is 0.819. The highest BCUT2D eigenvalue weighted by Crippen LogP contribution is 2.16. The maximum absolute atomic E-state index is 5.63. The summed E-state index contributed by atoms with van der Waals surface area (Å²) in [6, 6.07) is 13.1. The molecular weight excluding hydrogens is 202 g/mol. The average Bonchev–Trinajstić information content (AvgIpc) is 2.27. The summed E-state index contributed by atoms with van der Waals surface area (Å²) in [6.45, 7) is 0.455. The molecule has 0 aliphatic heterocycles. The Balaban J connectivity index is 2.05. The van der Waals surface area contributed by atoms with Crippen molar-refractivity contribution in [2.75, 3.05) is 11.5 Å². The van der Waals surface area contributed by atoms with E-state index in [1.807, 2.05) is 30.3 Å². The van der Waals surface area contributed by atoms with Crippen molar-refractivity contribution < 1.29 is 4.74 Å². The number of ether oxygens (including phenoxy) is 1. The first kappa shape index (κ1) is 10.3. The van der Waals surface area contributed by atoms with Crippen LogP contribution in [0, 0.1) is 0 Å². The summed E-state index contributed by atoms with van der Waals surface area (Å²) in [5, 5.41) is 0. The molecule has 0 bridgehead atoms. The number of nitrogen functional groups attached to an aromatic ring is 2. The Morgan fingerprint density at radius 3 is 2.50 bits per heavy atom. The van der Waals surface area contributed by atoms with Gasteiger partial charge in [0, 0.05) is 17.8 Å². The van der Waals surface area contributed by atoms with E-state index in [1.54, 1.807) is 12.1 Å². The van der Waals surface area contributed by atoms with Gasteiger partial charge in [-0.2, -0.15) is 4.98 Å². The van der Waals surface area contributed by atoms with Crippen LogP contribution in [0.25, 0.3) is 0 Å². The van der Waals surface area contributed by atoms with Crippen LogP contribution in [0.4, 0.5) is 11.5 Å². The molecule has 1 aromatic heterocycles. The van der Waals surface area contributed by atoms with Crippen LogP contribution in [0.15, 0.2) is 42.5 Å². The number of nitrogens with two attached hydrogens (primary N) is 2. The van der Waals surface area contributed by atoms with Crippen molar-refractivity contribution in [2.45, 2.75) is 6.61 Å². The predicted octanol–water partition coefficient (Wildman–Crippen LogP) is 1.83. The molecule has 4 heteroatoms. The van der Waals surface area contributed by atoms with E-state index in [0.717, 1.165) is 5.56 Å². The van der Waals surface area contributed by atoms with Gasteiger partial charge >= 0.3 is 0 Å². The summed E-state index contributed by atoms with van der Waals surface area (Å²) < 4.78 is 5.48. The number of hydrogen-bond donors (Lipinski definition) is 2. The van der Waals surface area contributed by atoms with Crippen molar-refractivity contribution in [2.24, 2.45) is 0 Å². The number of nitrogens with zero attached hydrogens (tertiary/aromatic N) is 1. The Bertz CT molecular complexity index is 451. The Morgan fingerprint density at radius 2 is 1.81 bits per heavy atom. The SMILES string of the molecule is Nc1cc(N)nc(OCc2ccccc2)c1. The molecule has 0 radical (unpaired) electrons. The molecule has 2 rings (SSSR count). The third-order valence-electron chi connectivity index (χ3n) is 2.07. The van der Waals surface area contributed by atoms with Crippen LogP contribution in [0.5, 0.6) is 5.88 Å². The fourth-order valence-electron chi connectivity index (χ4n) is 1.35. The van der Waals surface area contributed by atoms with Crippen molar-refractivity contribution >= 4 is 11.5 Å². The maximum Gasteiger partial charge on any atom is 0.217 e. The minimum absolute atomic E-state index is 0.364. The molecule has 0 atom stereocenters. The predicted molar refractivity (Wildman–Crippen MR) is 63.8 cm³/mol. The van der Waals surface area contributed by atoms with Crippen molar-refractivity contribution in [1.82, 2.24) is 4.98 Å². The highest BCUT2D eigenvalue weighted by Gasteiger charge is 1.99. The monoisotopic (exact) mass is 215 g/mol. The number of hydrogen-bond acceptors (Lipinski definition) is 4. The van der Waals surface area contributed by atoms with Crippen molar-refractivity contribution in [3.05, 3.63) is 48.0 Å². The average molecular weight is 215 g/mol. The lowest BCUT2D eigenvalue weighted by molar-refractivity contribution is 0.294. The molecule has 4 nitrogen and oxygen atoms in total. The summed E-state index contributed by atoms with van der Waals surface area (Å²) in [5.41, 5.74) is 12.8. The standard InChI is InChI=1S/C12H13N3O/c13-10-6-11(14)15-12(7-10)16-8-9-4-2-1-3-5-9/h1-7H,8H2,(H4,13,14,15). The lowest BCUT2D eigenvalue weighted by Gasteiger charge is -2.06. The molecule has 0 unspecified atom stereocenters. The second kappa shape index (κ2) is 4.53. The van der Waals surface area contributed by atoms with Gasteiger partial charge in [0.05, 0.1) is 0 Å². The number of pyridine rings is 1. The zero-order valence-corrected chi connectivity index (χ0v) is 8.76. The van der Waals surface area contributed by atoms with E-state index in [0.29, 0.717) is 24.0 Å². The van der Waals surface area contributed by atoms with E-state index in [4.69, 9.17) is 16.2 Å². The molecule has 82 valence electrons. The van der Waals surface area contributed by atoms with Crippen molar-refractivity contribution in [1.29, 1.82) is 0 Å². The first-order valence-electron chi connectivity index (χ1n) is 4.94. The van der Waals surface area contributed by atoms with Gasteiger partial charge in [0.15, 0.2) is 0 Å². The molecular formula is C12H13N3O. The molecule has 0 amide bonds. The summed E-state index contributed by atoms with van der Waals surface area (Å²) in [4.78, 5) is 4.02. The van der Waals surface area contributed by atoms with Gasteiger partial charge in [-0.25, -0.2) is 0 Å². The van der Waals surface area contributed by atoms with E-state index in [9.17, 15) is 0 Å². The highest BCUT2D eigenvalue weighted by molar-refractivity contribution is 5.49. The van der Waals surface area contributed by atoms with Gasteiger partial charge in [0.25, 0.3) is 0 Å². The fraction of sp³-hybridized carbons (Fsp3) is 0.0833. The lowest BCUT2D eigenvalue weighted by Crippen LogP contribution is -2.00. The lowest BCUT2D eigenvalue weighted by atomic mass is 10.2. The largest absolute Gasteiger partial charge is 0.473 e. The molecule has 16 heavy (non-hydrogen) atoms. The first-order valence-corrected chi connectivity index (χ1v) is 4.94. The molecule has 0 spiro atoms. The molecule has 2 aromatic rings. The topological polar surface area (TPSA) is 74.2 Å². The summed E-state index contributed by atoms with van der Waals surface area (Å²) in [5.74, 6) is 0.810. The van der Waals surface area contributed by atoms with Gasteiger partial charge in [-0.1, -0.05) is 30.3 Å². The summed E-state index contributed by atoms with van der Waals surface area (Å²) in [6.07, 6.45) is 0. The fourth-order valence-corrected chi connectivity index (χ4v) is 1.35. The van der Waals surface area contributed by atoms with E-state index in [2.05, 4.69) is 4.98 Å². The smallest absolute Gasteiger partial charge is 0.217 e. The van der Waals surface area contributed by atoms with E-state index in [1.165, 1.54) is 0 Å². The normalized spacial score (nSPS) is 10.0. The van der Waals surface area contributed by atoms with Crippen LogP contribution in [-0.4, -0.2) is 4.98 Å². The third kappa shape index (κ3) is 2.63. The first-order chi connectivity index (χ1) is 7.74. The van der Waals surface area contributed by atoms with E-state index < -0.39 is 0 Å². The van der Waals surface area contributed by atoms with E-state index >= 15 is 0 Å². The van der Waals surface area contributed by atoms with Gasteiger partial charge < -0.3 is 16.2 Å². The highest BCUT2D eigenvalue weighted by atomic mass is 16.5. The van der Waals surface area contributed by atoms with Crippen molar-refractivity contribution in [3.8, 4) is 5.88 Å². The summed E-state index contributed by atoms with van der Waals surface area (Å²) in [7, 11) is 0. The van der Waals surface area contributed by atoms with Crippen LogP contribution in [0.1, 0.15) is 5.56 Å². The molecule has 4 N–H and O–H groups in total. The molecule has 0 saturated carbocycles. The number of rotatable bonds is 3. The zero-order valence-electron chi connectivity index (χ0n) is 8.76. The summed E-state index contributed by atoms with van der Waals surface area (Å²) >= 11 is 0. The van der Waals surface area contributed by atoms with Gasteiger partial charge in [0.1, 0.15) is 12.4 Å². The minimum Gasteiger partial charge on any atom is -0.473 e. The maximum atomic E-state index is 5.63. The molecule has 0 aliphatic rings. The third-order valence-corrected chi connectivity index (χ3v) is 2.07. The van der Waals surface area contributed by atoms with Gasteiger partial charge in [-0.05, 0) is 5.56 Å². The Morgan fingerprint density at radius 1 is 1.06 bits per heavy atom. The number of benzene rings is 1. The number of anilines is 2. The zero-order chi connectivity index (χ0) is 11.4. The Labute approximate surface area is 93.9 Å². The molecule has 0 saturated heterocycles. The van der Waals surface area contributed by atoms with Crippen LogP contribution in [0.2, 0.25) is 0 Å². The van der Waals surface area contributed by atoms with Gasteiger partial charge in [-0.3, -0.25) is 0 Å².